The highest BCUT2D eigenvalue weighted by molar-refractivity contribution is 7.13. The number of carbonyl (C=O) groups excluding carboxylic acids is 1. The van der Waals surface area contributed by atoms with Gasteiger partial charge < -0.3 is 16.2 Å². The Morgan fingerprint density at radius 2 is 2.00 bits per heavy atom. The van der Waals surface area contributed by atoms with Crippen LogP contribution >= 0.6 is 11.3 Å². The van der Waals surface area contributed by atoms with E-state index in [2.05, 4.69) is 10.3 Å². The maximum atomic E-state index is 12.4. The summed E-state index contributed by atoms with van der Waals surface area (Å²) in [5.74, 6) is -0.718. The monoisotopic (exact) mass is 422 g/mol. The number of nitrogen functional groups attached to an aromatic ring is 1. The van der Waals surface area contributed by atoms with E-state index in [1.54, 1.807) is 0 Å². The second kappa shape index (κ2) is 10.2. The fraction of sp³-hybridized carbons (Fsp3) is 0.304. The average molecular weight is 423 g/mol. The number of carbonyl (C=O) groups is 1. The molecule has 0 saturated heterocycles. The molecule has 0 radical (unpaired) electrons. The number of hydrogen-bond donors (Lipinski definition) is 3. The van der Waals surface area contributed by atoms with Gasteiger partial charge in [0.05, 0.1) is 30.5 Å². The molecule has 4 N–H and O–H groups in total. The summed E-state index contributed by atoms with van der Waals surface area (Å²) in [6.07, 6.45) is -11.3. The van der Waals surface area contributed by atoms with Crippen LogP contribution in [0.5, 0.6) is 0 Å². The number of benzene rings is 2. The molecule has 6 heteroatoms. The van der Waals surface area contributed by atoms with Crippen LogP contribution in [0.15, 0.2) is 53.7 Å². The lowest BCUT2D eigenvalue weighted by atomic mass is 10.0. The summed E-state index contributed by atoms with van der Waals surface area (Å²) in [5, 5.41) is 14.9. The molecule has 0 aliphatic carbocycles. The van der Waals surface area contributed by atoms with Gasteiger partial charge in [0.15, 0.2) is 5.13 Å². The highest BCUT2D eigenvalue weighted by atomic mass is 32.1. The number of nitrogens with zero attached hydrogens (tertiary/aromatic N) is 1. The molecule has 1 aromatic heterocycles. The molecule has 1 amide bonds. The van der Waals surface area contributed by atoms with E-state index in [0.29, 0.717) is 5.69 Å². The van der Waals surface area contributed by atoms with Gasteiger partial charge in [-0.2, -0.15) is 0 Å². The summed E-state index contributed by atoms with van der Waals surface area (Å²) in [7, 11) is 0. The van der Waals surface area contributed by atoms with Gasteiger partial charge in [-0.05, 0) is 49.3 Å². The Kier molecular flexibility index (Phi) is 3.47. The van der Waals surface area contributed by atoms with E-state index in [0.717, 1.165) is 11.3 Å². The zero-order valence-corrected chi connectivity index (χ0v) is 16.3. The van der Waals surface area contributed by atoms with Crippen LogP contribution < -0.4 is 11.1 Å². The molecule has 152 valence electrons. The van der Waals surface area contributed by atoms with Gasteiger partial charge in [0.1, 0.15) is 0 Å². The third-order valence-corrected chi connectivity index (χ3v) is 4.23. The fourth-order valence-corrected chi connectivity index (χ4v) is 2.73. The van der Waals surface area contributed by atoms with Crippen molar-refractivity contribution in [3.63, 3.8) is 0 Å². The zero-order valence-electron chi connectivity index (χ0n) is 28.5. The number of rotatable bonds is 9. The van der Waals surface area contributed by atoms with Gasteiger partial charge in [0.2, 0.25) is 5.91 Å². The van der Waals surface area contributed by atoms with Crippen LogP contribution in [-0.4, -0.2) is 16.0 Å². The Bertz CT molecular complexity index is 1500. The molecule has 3 aromatic rings. The lowest BCUT2D eigenvalue weighted by Crippen LogP contribution is -2.14. The van der Waals surface area contributed by atoms with Gasteiger partial charge >= 0.3 is 0 Å². The molecule has 1 heterocycles. The van der Waals surface area contributed by atoms with E-state index in [1.807, 2.05) is 0 Å². The molecule has 2 aromatic carbocycles. The van der Waals surface area contributed by atoms with Crippen molar-refractivity contribution >= 4 is 28.1 Å². The first-order chi connectivity index (χ1) is 19.2. The van der Waals surface area contributed by atoms with E-state index < -0.39 is 103 Å². The fourth-order valence-electron chi connectivity index (χ4n) is 2.17. The van der Waals surface area contributed by atoms with Crippen molar-refractivity contribution < 1.29 is 27.7 Å². The van der Waals surface area contributed by atoms with Crippen molar-refractivity contribution in [3.8, 4) is 0 Å². The summed E-state index contributed by atoms with van der Waals surface area (Å²) < 4.78 is 107. The Labute approximate surface area is 193 Å². The standard InChI is InChI=1S/C23H27N3O2S/c1-16-6-10-18(11-7-16)21(27)5-3-2-4-17-8-12-19(13-9-17)25-22(28)14-20-15-29-23(24)26-20/h6-13,15,21,27H,2-5,14H2,1H3,(H2,24,26)(H,25,28)/t21-/m0/s1/i4D2,5D2,6D,7D,8D,9D,10D,11D,12D,13D,21D. The quantitative estimate of drug-likeness (QED) is 0.468. The predicted octanol–water partition coefficient (Wildman–Crippen LogP) is 4.66. The van der Waals surface area contributed by atoms with Crippen molar-refractivity contribution in [2.45, 2.75) is 45.0 Å². The Morgan fingerprint density at radius 3 is 2.66 bits per heavy atom. The first-order valence-electron chi connectivity index (χ1n) is 15.1. The van der Waals surface area contributed by atoms with Gasteiger partial charge in [-0.3, -0.25) is 4.79 Å². The van der Waals surface area contributed by atoms with Crippen molar-refractivity contribution in [2.24, 2.45) is 0 Å². The first-order valence-corrected chi connectivity index (χ1v) is 9.44. The largest absolute Gasteiger partial charge is 0.388 e. The van der Waals surface area contributed by atoms with Crippen molar-refractivity contribution in [3.05, 3.63) is 76.1 Å². The van der Waals surface area contributed by atoms with Crippen LogP contribution in [0.1, 0.15) is 65.5 Å². The second-order valence-corrected chi connectivity index (χ2v) is 6.74. The van der Waals surface area contributed by atoms with Gasteiger partial charge in [-0.1, -0.05) is 48.2 Å². The summed E-state index contributed by atoms with van der Waals surface area (Å²) >= 11 is 1.10. The lowest BCUT2D eigenvalue weighted by Gasteiger charge is -2.11. The minimum absolute atomic E-state index is 0.0720. The number of aliphatic hydroxyl groups is 1. The Balaban J connectivity index is 1.92. The van der Waals surface area contributed by atoms with Gasteiger partial charge in [0.25, 0.3) is 0 Å². The van der Waals surface area contributed by atoms with Crippen LogP contribution in [0.2, 0.25) is 0 Å². The van der Waals surface area contributed by atoms with Crippen molar-refractivity contribution in [1.29, 1.82) is 0 Å². The van der Waals surface area contributed by atoms with Crippen LogP contribution in [0.25, 0.3) is 0 Å². The minimum atomic E-state index is -3.36. The maximum absolute atomic E-state index is 12.4. The molecule has 0 aliphatic heterocycles. The van der Waals surface area contributed by atoms with Crippen LogP contribution in [0.3, 0.4) is 0 Å². The average Bonchev–Trinajstić information content (AvgIpc) is 3.30. The van der Waals surface area contributed by atoms with Gasteiger partial charge in [0, 0.05) is 16.6 Å². The van der Waals surface area contributed by atoms with Crippen LogP contribution in [0.4, 0.5) is 10.8 Å². The molecule has 5 nitrogen and oxygen atoms in total. The normalized spacial score (nSPS) is 20.4. The Hall–Kier alpha value is -2.70. The molecule has 0 saturated carbocycles. The van der Waals surface area contributed by atoms with E-state index in [1.165, 1.54) is 12.3 Å². The van der Waals surface area contributed by atoms with E-state index >= 15 is 0 Å². The number of amides is 1. The zero-order chi connectivity index (χ0) is 32.1. The minimum Gasteiger partial charge on any atom is -0.388 e. The van der Waals surface area contributed by atoms with Crippen LogP contribution in [0, 0.1) is 6.92 Å². The summed E-state index contributed by atoms with van der Waals surface area (Å²) in [4.78, 5) is 16.4. The molecule has 1 atom stereocenters. The molecule has 29 heavy (non-hydrogen) atoms. The summed E-state index contributed by atoms with van der Waals surface area (Å²) in [5.41, 5.74) is 3.61. The predicted molar refractivity (Wildman–Crippen MR) is 119 cm³/mol. The molecule has 0 unspecified atom stereocenters. The number of aromatic nitrogens is 1. The second-order valence-electron chi connectivity index (χ2n) is 5.85. The summed E-state index contributed by atoms with van der Waals surface area (Å²) in [6, 6.07) is -6.00. The molecule has 0 aliphatic rings. The highest BCUT2D eigenvalue weighted by Gasteiger charge is 2.08. The highest BCUT2D eigenvalue weighted by Crippen LogP contribution is 2.21. The molecule has 0 bridgehead atoms. The van der Waals surface area contributed by atoms with Gasteiger partial charge in [-0.15, -0.1) is 11.3 Å². The molecular formula is C23H27N3O2S. The number of hydrogen-bond acceptors (Lipinski definition) is 5. The Morgan fingerprint density at radius 1 is 1.28 bits per heavy atom. The number of nitrogens with one attached hydrogen (secondary N) is 1. The third-order valence-electron chi connectivity index (χ3n) is 3.51. The summed E-state index contributed by atoms with van der Waals surface area (Å²) in [6.45, 7) is 1.29. The molecule has 3 rings (SSSR count). The van der Waals surface area contributed by atoms with E-state index in [9.17, 15) is 9.90 Å². The molecular weight excluding hydrogens is 382 g/mol. The lowest BCUT2D eigenvalue weighted by molar-refractivity contribution is -0.115. The van der Waals surface area contributed by atoms with E-state index in [-0.39, 0.29) is 17.1 Å². The molecule has 0 spiro atoms. The first kappa shape index (κ1) is 9.87. The number of thiazole rings is 1. The van der Waals surface area contributed by atoms with Crippen LogP contribution in [-0.2, 0) is 17.6 Å². The SMILES string of the molecule is [2H]c1c([2H])c([C@@]([2H])(O)C([2H])([2H])CCC([2H])([2H])c2c([2H])c([2H])c(NC(=O)Cc3csc(N)n3)c([2H])c2[2H])c([2H])c([2H])c1C. The topological polar surface area (TPSA) is 88.2 Å². The van der Waals surface area contributed by atoms with E-state index in [4.69, 9.17) is 23.6 Å². The van der Waals surface area contributed by atoms with Gasteiger partial charge in [-0.25, -0.2) is 4.98 Å². The van der Waals surface area contributed by atoms with Crippen molar-refractivity contribution in [1.82, 2.24) is 4.98 Å². The number of nitrogens with two attached hydrogens (primary N) is 1. The third kappa shape index (κ3) is 6.69. The van der Waals surface area contributed by atoms with Crippen molar-refractivity contribution in [2.75, 3.05) is 11.1 Å². The smallest absolute Gasteiger partial charge is 0.230 e. The molecule has 0 fully saturated rings. The number of anilines is 2. The maximum Gasteiger partial charge on any atom is 0.230 e.